The molecule has 5 heteroatoms. The second-order valence-electron chi connectivity index (χ2n) is 4.89. The molecule has 1 atom stereocenters. The lowest BCUT2D eigenvalue weighted by Gasteiger charge is -2.28. The predicted octanol–water partition coefficient (Wildman–Crippen LogP) is -0.323. The third kappa shape index (κ3) is 2.97. The van der Waals surface area contributed by atoms with Crippen molar-refractivity contribution in [1.82, 2.24) is 15.1 Å². The van der Waals surface area contributed by atoms with E-state index in [4.69, 9.17) is 0 Å². The van der Waals surface area contributed by atoms with Crippen molar-refractivity contribution >= 4 is 11.8 Å². The van der Waals surface area contributed by atoms with Crippen molar-refractivity contribution in [1.29, 1.82) is 0 Å². The molecule has 5 nitrogen and oxygen atoms in total. The van der Waals surface area contributed by atoms with Gasteiger partial charge in [0.05, 0.1) is 13.1 Å². The van der Waals surface area contributed by atoms with Gasteiger partial charge in [0.1, 0.15) is 0 Å². The van der Waals surface area contributed by atoms with Crippen LogP contribution in [-0.2, 0) is 9.59 Å². The third-order valence-electron chi connectivity index (χ3n) is 3.73. The Morgan fingerprint density at radius 2 is 2.29 bits per heavy atom. The summed E-state index contributed by atoms with van der Waals surface area (Å²) >= 11 is 0. The van der Waals surface area contributed by atoms with Crippen LogP contribution in [-0.4, -0.2) is 60.9 Å². The molecule has 0 aromatic heterocycles. The van der Waals surface area contributed by atoms with Crippen LogP contribution in [0.4, 0.5) is 0 Å². The van der Waals surface area contributed by atoms with Gasteiger partial charge in [-0.25, -0.2) is 0 Å². The number of nitrogens with one attached hydrogen (secondary N) is 1. The zero-order valence-electron chi connectivity index (χ0n) is 10.4. The highest BCUT2D eigenvalue weighted by Crippen LogP contribution is 2.19. The monoisotopic (exact) mass is 239 g/mol. The van der Waals surface area contributed by atoms with Crippen LogP contribution < -0.4 is 5.32 Å². The molecule has 96 valence electrons. The first-order chi connectivity index (χ1) is 8.20. The van der Waals surface area contributed by atoms with E-state index >= 15 is 0 Å². The lowest BCUT2D eigenvalue weighted by molar-refractivity contribution is -0.140. The largest absolute Gasteiger partial charge is 0.341 e. The number of carbonyl (C=O) groups excluding carboxylic acids is 2. The molecule has 0 aromatic carbocycles. The second kappa shape index (κ2) is 5.49. The fourth-order valence-electron chi connectivity index (χ4n) is 2.47. The Balaban J connectivity index is 1.82. The van der Waals surface area contributed by atoms with E-state index < -0.39 is 0 Å². The predicted molar refractivity (Wildman–Crippen MR) is 64.4 cm³/mol. The van der Waals surface area contributed by atoms with E-state index in [1.165, 1.54) is 0 Å². The number of amides is 2. The summed E-state index contributed by atoms with van der Waals surface area (Å²) in [5, 5.41) is 3.01. The Bertz CT molecular complexity index is 306. The molecular formula is C12H21N3O2. The van der Waals surface area contributed by atoms with E-state index in [-0.39, 0.29) is 18.4 Å². The van der Waals surface area contributed by atoms with E-state index in [9.17, 15) is 9.59 Å². The van der Waals surface area contributed by atoms with Crippen LogP contribution in [0.2, 0.25) is 0 Å². The molecule has 2 amide bonds. The van der Waals surface area contributed by atoms with Gasteiger partial charge in [0, 0.05) is 26.2 Å². The van der Waals surface area contributed by atoms with E-state index in [0.717, 1.165) is 32.5 Å². The minimum atomic E-state index is 0.0378. The third-order valence-corrected chi connectivity index (χ3v) is 3.73. The number of nitrogens with zero attached hydrogens (tertiary/aromatic N) is 2. The molecule has 0 bridgehead atoms. The highest BCUT2D eigenvalue weighted by molar-refractivity contribution is 5.86. The van der Waals surface area contributed by atoms with Crippen molar-refractivity contribution in [3.8, 4) is 0 Å². The summed E-state index contributed by atoms with van der Waals surface area (Å²) in [7, 11) is 0. The van der Waals surface area contributed by atoms with Gasteiger partial charge in [-0.2, -0.15) is 0 Å². The molecular weight excluding hydrogens is 218 g/mol. The first-order valence-electron chi connectivity index (χ1n) is 6.47. The fourth-order valence-corrected chi connectivity index (χ4v) is 2.47. The normalized spacial score (nSPS) is 25.5. The summed E-state index contributed by atoms with van der Waals surface area (Å²) in [6.45, 7) is 5.96. The number of hydrogen-bond donors (Lipinski definition) is 1. The van der Waals surface area contributed by atoms with Crippen molar-refractivity contribution in [2.24, 2.45) is 5.92 Å². The molecule has 2 fully saturated rings. The van der Waals surface area contributed by atoms with Crippen molar-refractivity contribution in [2.45, 2.75) is 19.8 Å². The lowest BCUT2D eigenvalue weighted by atomic mass is 10.1. The van der Waals surface area contributed by atoms with E-state index in [1.54, 1.807) is 4.90 Å². The SMILES string of the molecule is CC[C@H]1CCN(C(=O)CN2CCNCC2=O)C1. The molecule has 0 unspecified atom stereocenters. The van der Waals surface area contributed by atoms with Gasteiger partial charge >= 0.3 is 0 Å². The highest BCUT2D eigenvalue weighted by Gasteiger charge is 2.27. The summed E-state index contributed by atoms with van der Waals surface area (Å²) in [5.41, 5.74) is 0. The molecule has 0 saturated carbocycles. The summed E-state index contributed by atoms with van der Waals surface area (Å²) in [6.07, 6.45) is 2.24. The molecule has 17 heavy (non-hydrogen) atoms. The minimum Gasteiger partial charge on any atom is -0.341 e. The number of likely N-dealkylation sites (tertiary alicyclic amines) is 1. The number of piperazine rings is 1. The van der Waals surface area contributed by atoms with Gasteiger partial charge < -0.3 is 15.1 Å². The smallest absolute Gasteiger partial charge is 0.242 e. The van der Waals surface area contributed by atoms with E-state index in [2.05, 4.69) is 12.2 Å². The van der Waals surface area contributed by atoms with Gasteiger partial charge in [-0.15, -0.1) is 0 Å². The number of rotatable bonds is 3. The molecule has 0 spiro atoms. The van der Waals surface area contributed by atoms with Gasteiger partial charge in [0.2, 0.25) is 11.8 Å². The standard InChI is InChI=1S/C12H21N3O2/c1-2-10-3-5-14(8-10)12(17)9-15-6-4-13-7-11(15)16/h10,13H,2-9H2,1H3/t10-/m0/s1. The Kier molecular flexibility index (Phi) is 3.99. The van der Waals surface area contributed by atoms with Gasteiger partial charge in [0.15, 0.2) is 0 Å². The maximum absolute atomic E-state index is 12.0. The van der Waals surface area contributed by atoms with Crippen LogP contribution in [0.5, 0.6) is 0 Å². The summed E-state index contributed by atoms with van der Waals surface area (Å²) in [4.78, 5) is 27.2. The van der Waals surface area contributed by atoms with Crippen LogP contribution in [0.3, 0.4) is 0 Å². The van der Waals surface area contributed by atoms with Crippen molar-refractivity contribution in [3.63, 3.8) is 0 Å². The van der Waals surface area contributed by atoms with Crippen molar-refractivity contribution in [3.05, 3.63) is 0 Å². The average molecular weight is 239 g/mol. The van der Waals surface area contributed by atoms with E-state index in [1.807, 2.05) is 4.90 Å². The van der Waals surface area contributed by atoms with Crippen molar-refractivity contribution in [2.75, 3.05) is 39.3 Å². The van der Waals surface area contributed by atoms with E-state index in [0.29, 0.717) is 19.0 Å². The molecule has 0 aromatic rings. The molecule has 0 radical (unpaired) electrons. The Morgan fingerprint density at radius 1 is 1.47 bits per heavy atom. The summed E-state index contributed by atoms with van der Waals surface area (Å²) in [6, 6.07) is 0. The summed E-state index contributed by atoms with van der Waals surface area (Å²) in [5.74, 6) is 0.796. The van der Waals surface area contributed by atoms with Crippen LogP contribution in [0.15, 0.2) is 0 Å². The molecule has 2 rings (SSSR count). The maximum atomic E-state index is 12.0. The molecule has 1 N–H and O–H groups in total. The maximum Gasteiger partial charge on any atom is 0.242 e. The molecule has 2 heterocycles. The molecule has 2 saturated heterocycles. The van der Waals surface area contributed by atoms with Crippen LogP contribution in [0.25, 0.3) is 0 Å². The molecule has 2 aliphatic heterocycles. The first kappa shape index (κ1) is 12.4. The summed E-state index contributed by atoms with van der Waals surface area (Å²) < 4.78 is 0. The quantitative estimate of drug-likeness (QED) is 0.734. The second-order valence-corrected chi connectivity index (χ2v) is 4.89. The zero-order valence-corrected chi connectivity index (χ0v) is 10.4. The van der Waals surface area contributed by atoms with Gasteiger partial charge in [-0.05, 0) is 12.3 Å². The average Bonchev–Trinajstić information content (AvgIpc) is 2.81. The van der Waals surface area contributed by atoms with Gasteiger partial charge in [-0.3, -0.25) is 9.59 Å². The van der Waals surface area contributed by atoms with Crippen LogP contribution >= 0.6 is 0 Å². The Morgan fingerprint density at radius 3 is 2.94 bits per heavy atom. The fraction of sp³-hybridized carbons (Fsp3) is 0.833. The Hall–Kier alpha value is -1.10. The van der Waals surface area contributed by atoms with Crippen LogP contribution in [0.1, 0.15) is 19.8 Å². The minimum absolute atomic E-state index is 0.0378. The number of hydrogen-bond acceptors (Lipinski definition) is 3. The van der Waals surface area contributed by atoms with Crippen molar-refractivity contribution < 1.29 is 9.59 Å². The zero-order chi connectivity index (χ0) is 12.3. The van der Waals surface area contributed by atoms with Gasteiger partial charge in [0.25, 0.3) is 0 Å². The molecule has 0 aliphatic carbocycles. The molecule has 2 aliphatic rings. The van der Waals surface area contributed by atoms with Gasteiger partial charge in [-0.1, -0.05) is 13.3 Å². The Labute approximate surface area is 102 Å². The lowest BCUT2D eigenvalue weighted by Crippen LogP contribution is -2.51. The topological polar surface area (TPSA) is 52.7 Å². The highest BCUT2D eigenvalue weighted by atomic mass is 16.2. The van der Waals surface area contributed by atoms with Crippen LogP contribution in [0, 0.1) is 5.92 Å². The first-order valence-corrected chi connectivity index (χ1v) is 6.47. The number of carbonyl (C=O) groups is 2.